The van der Waals surface area contributed by atoms with E-state index in [2.05, 4.69) is 15.5 Å². The molecule has 0 aliphatic rings. The molecular weight excluding hydrogens is 314 g/mol. The van der Waals surface area contributed by atoms with Crippen LogP contribution in [-0.4, -0.2) is 19.3 Å². The number of phenols is 1. The van der Waals surface area contributed by atoms with Crippen LogP contribution in [-0.2, 0) is 6.54 Å². The number of ether oxygens (including phenoxy) is 1. The lowest BCUT2D eigenvalue weighted by molar-refractivity contribution is 0.408. The molecule has 0 fully saturated rings. The van der Waals surface area contributed by atoms with Gasteiger partial charge in [0.25, 0.3) is 0 Å². The molecule has 3 aromatic carbocycles. The molecule has 0 aliphatic heterocycles. The SMILES string of the molecule is CNCc1cc(N=Nc2c(C)cc3ccccc3c2O)ccc1OC. The first kappa shape index (κ1) is 16.9. The van der Waals surface area contributed by atoms with Gasteiger partial charge < -0.3 is 15.2 Å². The van der Waals surface area contributed by atoms with E-state index in [1.165, 1.54) is 0 Å². The Labute approximate surface area is 147 Å². The lowest BCUT2D eigenvalue weighted by Crippen LogP contribution is -2.06. The van der Waals surface area contributed by atoms with E-state index < -0.39 is 0 Å². The Hall–Kier alpha value is -2.92. The van der Waals surface area contributed by atoms with Crippen LogP contribution in [0.25, 0.3) is 10.8 Å². The Balaban J connectivity index is 1.99. The summed E-state index contributed by atoms with van der Waals surface area (Å²) >= 11 is 0. The molecule has 0 spiro atoms. The predicted octanol–water partition coefficient (Wildman–Crippen LogP) is 5.00. The minimum absolute atomic E-state index is 0.156. The Morgan fingerprint density at radius 3 is 2.64 bits per heavy atom. The Morgan fingerprint density at radius 1 is 1.08 bits per heavy atom. The van der Waals surface area contributed by atoms with Crippen LogP contribution >= 0.6 is 0 Å². The van der Waals surface area contributed by atoms with Crippen LogP contribution < -0.4 is 10.1 Å². The van der Waals surface area contributed by atoms with Crippen molar-refractivity contribution in [1.82, 2.24) is 5.32 Å². The third-order valence-electron chi connectivity index (χ3n) is 4.08. The van der Waals surface area contributed by atoms with Crippen LogP contribution in [0.3, 0.4) is 0 Å². The van der Waals surface area contributed by atoms with Crippen LogP contribution in [0, 0.1) is 6.92 Å². The third-order valence-corrected chi connectivity index (χ3v) is 4.08. The number of phenolic OH excluding ortho intramolecular Hbond substituents is 1. The summed E-state index contributed by atoms with van der Waals surface area (Å²) in [5, 5.41) is 24.0. The molecular formula is C20H21N3O2. The molecule has 128 valence electrons. The summed E-state index contributed by atoms with van der Waals surface area (Å²) in [6, 6.07) is 15.3. The smallest absolute Gasteiger partial charge is 0.151 e. The first-order valence-corrected chi connectivity index (χ1v) is 8.08. The van der Waals surface area contributed by atoms with Crippen LogP contribution in [0.4, 0.5) is 11.4 Å². The Morgan fingerprint density at radius 2 is 1.88 bits per heavy atom. The number of rotatable bonds is 5. The minimum Gasteiger partial charge on any atom is -0.505 e. The van der Waals surface area contributed by atoms with Crippen molar-refractivity contribution < 1.29 is 9.84 Å². The fraction of sp³-hybridized carbons (Fsp3) is 0.200. The first-order chi connectivity index (χ1) is 12.1. The second kappa shape index (κ2) is 7.32. The summed E-state index contributed by atoms with van der Waals surface area (Å²) in [5.74, 6) is 0.960. The zero-order chi connectivity index (χ0) is 17.8. The highest BCUT2D eigenvalue weighted by molar-refractivity contribution is 5.93. The summed E-state index contributed by atoms with van der Waals surface area (Å²) in [6.45, 7) is 2.59. The van der Waals surface area contributed by atoms with E-state index in [0.717, 1.165) is 27.6 Å². The number of hydrogen-bond acceptors (Lipinski definition) is 5. The maximum Gasteiger partial charge on any atom is 0.151 e. The van der Waals surface area contributed by atoms with Crippen LogP contribution in [0.1, 0.15) is 11.1 Å². The molecule has 0 aromatic heterocycles. The fourth-order valence-electron chi connectivity index (χ4n) is 2.84. The van der Waals surface area contributed by atoms with Crippen molar-refractivity contribution >= 4 is 22.1 Å². The second-order valence-electron chi connectivity index (χ2n) is 5.84. The zero-order valence-electron chi connectivity index (χ0n) is 14.6. The summed E-state index contributed by atoms with van der Waals surface area (Å²) < 4.78 is 5.35. The average molecular weight is 335 g/mol. The highest BCUT2D eigenvalue weighted by Gasteiger charge is 2.10. The van der Waals surface area contributed by atoms with Crippen molar-refractivity contribution in [1.29, 1.82) is 0 Å². The standard InChI is InChI=1S/C20H21N3O2/c1-13-10-14-6-4-5-7-17(14)20(24)19(13)23-22-16-8-9-18(25-3)15(11-16)12-21-2/h4-11,21,24H,12H2,1-3H3. The Bertz CT molecular complexity index is 936. The second-order valence-corrected chi connectivity index (χ2v) is 5.84. The van der Waals surface area contributed by atoms with Gasteiger partial charge in [0.15, 0.2) is 5.75 Å². The summed E-state index contributed by atoms with van der Waals surface area (Å²) in [5.41, 5.74) is 3.08. The number of benzene rings is 3. The molecule has 0 atom stereocenters. The Kier molecular flexibility index (Phi) is 4.95. The van der Waals surface area contributed by atoms with Crippen molar-refractivity contribution in [2.45, 2.75) is 13.5 Å². The van der Waals surface area contributed by atoms with Gasteiger partial charge in [-0.25, -0.2) is 0 Å². The maximum absolute atomic E-state index is 10.5. The van der Waals surface area contributed by atoms with Gasteiger partial charge in [-0.15, -0.1) is 5.11 Å². The largest absolute Gasteiger partial charge is 0.505 e. The minimum atomic E-state index is 0.156. The normalized spacial score (nSPS) is 11.3. The molecule has 5 nitrogen and oxygen atoms in total. The lowest BCUT2D eigenvalue weighted by atomic mass is 10.0. The van der Waals surface area contributed by atoms with Gasteiger partial charge in [-0.2, -0.15) is 5.11 Å². The molecule has 0 aliphatic carbocycles. The lowest BCUT2D eigenvalue weighted by Gasteiger charge is -2.09. The highest BCUT2D eigenvalue weighted by atomic mass is 16.5. The number of nitrogens with one attached hydrogen (secondary N) is 1. The van der Waals surface area contributed by atoms with Crippen molar-refractivity contribution in [3.63, 3.8) is 0 Å². The van der Waals surface area contributed by atoms with E-state index in [9.17, 15) is 5.11 Å². The molecule has 25 heavy (non-hydrogen) atoms. The van der Waals surface area contributed by atoms with Crippen molar-refractivity contribution in [3.05, 3.63) is 59.7 Å². The summed E-state index contributed by atoms with van der Waals surface area (Å²) in [6.07, 6.45) is 0. The van der Waals surface area contributed by atoms with Gasteiger partial charge in [0.1, 0.15) is 11.4 Å². The van der Waals surface area contributed by atoms with Crippen molar-refractivity contribution in [2.75, 3.05) is 14.2 Å². The molecule has 0 saturated carbocycles. The van der Waals surface area contributed by atoms with Crippen molar-refractivity contribution in [2.24, 2.45) is 10.2 Å². The van der Waals surface area contributed by atoms with E-state index >= 15 is 0 Å². The van der Waals surface area contributed by atoms with Gasteiger partial charge in [-0.3, -0.25) is 0 Å². The van der Waals surface area contributed by atoms with Gasteiger partial charge in [-0.1, -0.05) is 24.3 Å². The van der Waals surface area contributed by atoms with E-state index in [-0.39, 0.29) is 5.75 Å². The van der Waals surface area contributed by atoms with E-state index in [0.29, 0.717) is 17.9 Å². The van der Waals surface area contributed by atoms with Gasteiger partial charge in [0, 0.05) is 17.5 Å². The molecule has 0 amide bonds. The topological polar surface area (TPSA) is 66.2 Å². The van der Waals surface area contributed by atoms with Crippen LogP contribution in [0.5, 0.6) is 11.5 Å². The number of aromatic hydroxyl groups is 1. The molecule has 2 N–H and O–H groups in total. The molecule has 3 aromatic rings. The molecule has 0 bridgehead atoms. The van der Waals surface area contributed by atoms with Gasteiger partial charge in [0.05, 0.1) is 12.8 Å². The summed E-state index contributed by atoms with van der Waals surface area (Å²) in [4.78, 5) is 0. The molecule has 5 heteroatoms. The maximum atomic E-state index is 10.5. The van der Waals surface area contributed by atoms with E-state index in [1.807, 2.05) is 62.5 Å². The van der Waals surface area contributed by atoms with Gasteiger partial charge in [0.2, 0.25) is 0 Å². The van der Waals surface area contributed by atoms with Gasteiger partial charge in [-0.05, 0) is 49.2 Å². The van der Waals surface area contributed by atoms with Gasteiger partial charge >= 0.3 is 0 Å². The van der Waals surface area contributed by atoms with Crippen molar-refractivity contribution in [3.8, 4) is 11.5 Å². The first-order valence-electron chi connectivity index (χ1n) is 8.08. The van der Waals surface area contributed by atoms with E-state index in [4.69, 9.17) is 4.74 Å². The molecule has 0 saturated heterocycles. The van der Waals surface area contributed by atoms with Crippen LogP contribution in [0.2, 0.25) is 0 Å². The van der Waals surface area contributed by atoms with E-state index in [1.54, 1.807) is 7.11 Å². The molecule has 0 heterocycles. The number of azo groups is 1. The molecule has 3 rings (SSSR count). The zero-order valence-corrected chi connectivity index (χ0v) is 14.6. The average Bonchev–Trinajstić information content (AvgIpc) is 2.62. The summed E-state index contributed by atoms with van der Waals surface area (Å²) in [7, 11) is 3.52. The number of aryl methyl sites for hydroxylation is 1. The number of nitrogens with zero attached hydrogens (tertiary/aromatic N) is 2. The highest BCUT2D eigenvalue weighted by Crippen LogP contribution is 2.38. The quantitative estimate of drug-likeness (QED) is 0.645. The number of fused-ring (bicyclic) bond motifs is 1. The fourth-order valence-corrected chi connectivity index (χ4v) is 2.84. The number of hydrogen-bond donors (Lipinski definition) is 2. The molecule has 0 radical (unpaired) electrons. The van der Waals surface area contributed by atoms with Crippen LogP contribution in [0.15, 0.2) is 58.8 Å². The predicted molar refractivity (Wildman–Crippen MR) is 100 cm³/mol. The monoisotopic (exact) mass is 335 g/mol. The number of methoxy groups -OCH3 is 1. The molecule has 0 unspecified atom stereocenters. The third kappa shape index (κ3) is 3.46.